The van der Waals surface area contributed by atoms with Gasteiger partial charge >= 0.3 is 0 Å². The van der Waals surface area contributed by atoms with Crippen LogP contribution in [0.5, 0.6) is 5.75 Å². The lowest BCUT2D eigenvalue weighted by molar-refractivity contribution is 0.341. The molecule has 0 radical (unpaired) electrons. The first-order chi connectivity index (χ1) is 12.8. The predicted molar refractivity (Wildman–Crippen MR) is 105 cm³/mol. The summed E-state index contributed by atoms with van der Waals surface area (Å²) in [6.07, 6.45) is 0.533. The highest BCUT2D eigenvalue weighted by Gasteiger charge is 2.15. The molecular weight excluding hydrogens is 370 g/mol. The Morgan fingerprint density at radius 3 is 2.52 bits per heavy atom. The van der Waals surface area contributed by atoms with Crippen LogP contribution in [0, 0.1) is 6.92 Å². The number of ether oxygens (including phenoxy) is 1. The van der Waals surface area contributed by atoms with Crippen LogP contribution in [0.4, 0.5) is 22.9 Å². The molecule has 0 saturated heterocycles. The van der Waals surface area contributed by atoms with Crippen LogP contribution in [0.25, 0.3) is 0 Å². The van der Waals surface area contributed by atoms with Crippen molar-refractivity contribution in [1.29, 1.82) is 0 Å². The molecule has 0 fully saturated rings. The fraction of sp³-hybridized carbons (Fsp3) is 0.471. The monoisotopic (exact) mass is 395 g/mol. The molecule has 2 rings (SSSR count). The van der Waals surface area contributed by atoms with Crippen LogP contribution in [-0.2, 0) is 10.0 Å². The Kier molecular flexibility index (Phi) is 6.92. The van der Waals surface area contributed by atoms with Gasteiger partial charge in [-0.1, -0.05) is 12.1 Å². The Morgan fingerprint density at radius 1 is 1.22 bits per heavy atom. The molecule has 1 atom stereocenters. The number of anilines is 1. The maximum atomic E-state index is 12.3. The number of azo groups is 1. The van der Waals surface area contributed by atoms with Crippen LogP contribution in [0.1, 0.15) is 26.0 Å². The number of hydrogen-bond donors (Lipinski definition) is 1. The molecular formula is C17H25N5O4S. The molecule has 1 N–H and O–H groups in total. The molecule has 27 heavy (non-hydrogen) atoms. The molecule has 0 saturated carbocycles. The lowest BCUT2D eigenvalue weighted by Crippen LogP contribution is -2.11. The van der Waals surface area contributed by atoms with Crippen LogP contribution >= 0.6 is 0 Å². The lowest BCUT2D eigenvalue weighted by Gasteiger charge is -2.18. The van der Waals surface area contributed by atoms with Crippen molar-refractivity contribution in [1.82, 2.24) is 5.16 Å². The summed E-state index contributed by atoms with van der Waals surface area (Å²) in [4.78, 5) is 1.84. The molecule has 0 bridgehead atoms. The van der Waals surface area contributed by atoms with Crippen molar-refractivity contribution < 1.29 is 18.0 Å². The lowest BCUT2D eigenvalue weighted by atomic mass is 10.2. The Hall–Kier alpha value is -2.46. The van der Waals surface area contributed by atoms with Gasteiger partial charge < -0.3 is 18.7 Å². The van der Waals surface area contributed by atoms with Gasteiger partial charge in [0.25, 0.3) is 0 Å². The average molecular weight is 395 g/mol. The van der Waals surface area contributed by atoms with Crippen LogP contribution in [-0.4, -0.2) is 40.4 Å². The maximum Gasteiger partial charge on any atom is 0.216 e. The first-order valence-corrected chi connectivity index (χ1v) is 10.2. The Morgan fingerprint density at radius 2 is 1.96 bits per heavy atom. The Labute approximate surface area is 159 Å². The van der Waals surface area contributed by atoms with Gasteiger partial charge in [-0.25, -0.2) is 4.21 Å². The van der Waals surface area contributed by atoms with Crippen LogP contribution < -0.4 is 9.64 Å². The van der Waals surface area contributed by atoms with Gasteiger partial charge in [-0.2, -0.15) is 4.36 Å². The molecule has 1 aromatic heterocycles. The quantitative estimate of drug-likeness (QED) is 0.640. The second-order valence-corrected chi connectivity index (χ2v) is 7.84. The summed E-state index contributed by atoms with van der Waals surface area (Å²) < 4.78 is 37.1. The van der Waals surface area contributed by atoms with E-state index < -0.39 is 10.0 Å². The molecule has 0 amide bonds. The van der Waals surface area contributed by atoms with Gasteiger partial charge in [-0.3, -0.25) is 0 Å². The van der Waals surface area contributed by atoms with Crippen LogP contribution in [0.3, 0.4) is 0 Å². The molecule has 9 nitrogen and oxygen atoms in total. The highest BCUT2D eigenvalue weighted by molar-refractivity contribution is 7.88. The summed E-state index contributed by atoms with van der Waals surface area (Å²) in [5, 5.41) is 11.9. The third kappa shape index (κ3) is 5.76. The minimum Gasteiger partial charge on any atom is -0.492 e. The van der Waals surface area contributed by atoms with Crippen LogP contribution in [0.15, 0.2) is 37.3 Å². The van der Waals surface area contributed by atoms with Gasteiger partial charge in [-0.05, 0) is 26.3 Å². The number of aryl methyl sites for hydroxylation is 1. The number of hydrogen-bond acceptors (Lipinski definition) is 8. The minimum absolute atomic E-state index is 0.0660. The standard InChI is InChI=1S/C17H25N5O4S/c1-6-8-27(23,24)21-14-10-15(22(4)5)16(25-7-2)11-13(14)18-19-17-9-12(3)26-20-17/h9-11H,6-8H2,1-5H3,(H,21,23,24). The highest BCUT2D eigenvalue weighted by atomic mass is 32.2. The third-order valence-corrected chi connectivity index (χ3v) is 4.85. The summed E-state index contributed by atoms with van der Waals surface area (Å²) in [6.45, 7) is 5.90. The van der Waals surface area contributed by atoms with Crippen molar-refractivity contribution in [3.05, 3.63) is 24.0 Å². The zero-order valence-corrected chi connectivity index (χ0v) is 17.0. The van der Waals surface area contributed by atoms with Gasteiger partial charge in [0, 0.05) is 26.2 Å². The van der Waals surface area contributed by atoms with E-state index in [1.807, 2.05) is 32.8 Å². The summed E-state index contributed by atoms with van der Waals surface area (Å²) in [5.74, 6) is 1.54. The van der Waals surface area contributed by atoms with Crippen molar-refractivity contribution >= 4 is 32.9 Å². The largest absolute Gasteiger partial charge is 0.492 e. The van der Waals surface area contributed by atoms with Crippen molar-refractivity contribution in [2.24, 2.45) is 14.6 Å². The second-order valence-electron chi connectivity index (χ2n) is 6.03. The zero-order valence-electron chi connectivity index (χ0n) is 16.2. The van der Waals surface area contributed by atoms with Crippen molar-refractivity contribution in [2.45, 2.75) is 27.2 Å². The van der Waals surface area contributed by atoms with Gasteiger partial charge in [0.05, 0.1) is 18.0 Å². The van der Waals surface area contributed by atoms with E-state index in [9.17, 15) is 8.76 Å². The van der Waals surface area contributed by atoms with Crippen molar-refractivity contribution in [3.63, 3.8) is 0 Å². The predicted octanol–water partition coefficient (Wildman–Crippen LogP) is 4.85. The molecule has 0 aliphatic heterocycles. The SMILES string of the molecule is CCCS(=O)(O)=Nc1cc(N(C)C)c(OCC)cc1N=Nc1cc(C)on1. The van der Waals surface area contributed by atoms with E-state index in [0.717, 1.165) is 5.69 Å². The van der Waals surface area contributed by atoms with E-state index >= 15 is 0 Å². The maximum absolute atomic E-state index is 12.3. The van der Waals surface area contributed by atoms with E-state index in [1.165, 1.54) is 0 Å². The van der Waals surface area contributed by atoms with E-state index in [2.05, 4.69) is 19.7 Å². The molecule has 10 heteroatoms. The van der Waals surface area contributed by atoms with E-state index in [1.54, 1.807) is 25.1 Å². The molecule has 148 valence electrons. The van der Waals surface area contributed by atoms with Crippen molar-refractivity contribution in [3.8, 4) is 5.75 Å². The zero-order chi connectivity index (χ0) is 20.0. The molecule has 1 unspecified atom stereocenters. The number of benzene rings is 1. The molecule has 0 spiro atoms. The second kappa shape index (κ2) is 8.96. The topological polar surface area (TPSA) is 113 Å². The molecule has 0 aliphatic rings. The average Bonchev–Trinajstić information content (AvgIpc) is 2.99. The fourth-order valence-corrected chi connectivity index (χ4v) is 3.37. The van der Waals surface area contributed by atoms with E-state index in [-0.39, 0.29) is 11.4 Å². The first kappa shape index (κ1) is 20.8. The number of rotatable bonds is 8. The smallest absolute Gasteiger partial charge is 0.216 e. The number of aromatic nitrogens is 1. The van der Waals surface area contributed by atoms with E-state index in [0.29, 0.717) is 36.0 Å². The summed E-state index contributed by atoms with van der Waals surface area (Å²) in [5.41, 5.74) is 1.29. The summed E-state index contributed by atoms with van der Waals surface area (Å²) in [7, 11) is 0.327. The molecule has 0 aliphatic carbocycles. The fourth-order valence-electron chi connectivity index (χ4n) is 2.29. The first-order valence-electron chi connectivity index (χ1n) is 8.56. The van der Waals surface area contributed by atoms with E-state index in [4.69, 9.17) is 9.26 Å². The highest BCUT2D eigenvalue weighted by Crippen LogP contribution is 2.41. The summed E-state index contributed by atoms with van der Waals surface area (Å²) >= 11 is 0. The van der Waals surface area contributed by atoms with Crippen LogP contribution in [0.2, 0.25) is 0 Å². The third-order valence-electron chi connectivity index (χ3n) is 3.42. The summed E-state index contributed by atoms with van der Waals surface area (Å²) in [6, 6.07) is 4.94. The normalized spacial score (nSPS) is 13.6. The van der Waals surface area contributed by atoms with Gasteiger partial charge in [0.2, 0.25) is 5.82 Å². The minimum atomic E-state index is -3.37. The molecule has 1 aromatic carbocycles. The Balaban J connectivity index is 2.61. The van der Waals surface area contributed by atoms with Gasteiger partial charge in [-0.15, -0.1) is 10.2 Å². The molecule has 2 aromatic rings. The van der Waals surface area contributed by atoms with Gasteiger partial charge in [0.1, 0.15) is 22.9 Å². The van der Waals surface area contributed by atoms with Crippen molar-refractivity contribution in [2.75, 3.05) is 31.4 Å². The molecule has 1 heterocycles. The number of nitrogens with zero attached hydrogens (tertiary/aromatic N) is 5. The Bertz CT molecular complexity index is 929. The van der Waals surface area contributed by atoms with Gasteiger partial charge in [0.15, 0.2) is 10.0 Å².